The second-order valence-electron chi connectivity index (χ2n) is 6.15. The SMILES string of the molecule is CCN(C)/C=N\c1cc(C)c(C(=O)CNc2cccc(F)c2Cl)cc1C. The zero-order valence-corrected chi connectivity index (χ0v) is 16.2. The molecule has 0 atom stereocenters. The van der Waals surface area contributed by atoms with Crippen molar-refractivity contribution in [3.05, 3.63) is 57.9 Å². The van der Waals surface area contributed by atoms with Crippen LogP contribution in [0.25, 0.3) is 0 Å². The molecule has 0 unspecified atom stereocenters. The van der Waals surface area contributed by atoms with Crippen molar-refractivity contribution in [3.63, 3.8) is 0 Å². The molecule has 0 heterocycles. The van der Waals surface area contributed by atoms with E-state index in [2.05, 4.69) is 10.3 Å². The van der Waals surface area contributed by atoms with E-state index in [1.165, 1.54) is 6.07 Å². The zero-order chi connectivity index (χ0) is 19.3. The molecule has 1 N–H and O–H groups in total. The molecule has 2 aromatic rings. The Morgan fingerprint density at radius 3 is 2.73 bits per heavy atom. The van der Waals surface area contributed by atoms with E-state index in [-0.39, 0.29) is 17.4 Å². The summed E-state index contributed by atoms with van der Waals surface area (Å²) in [5.41, 5.74) is 3.62. The van der Waals surface area contributed by atoms with Crippen LogP contribution in [0.15, 0.2) is 35.3 Å². The van der Waals surface area contributed by atoms with Gasteiger partial charge < -0.3 is 10.2 Å². The summed E-state index contributed by atoms with van der Waals surface area (Å²) in [5.74, 6) is -0.609. The molecule has 4 nitrogen and oxygen atoms in total. The summed E-state index contributed by atoms with van der Waals surface area (Å²) >= 11 is 5.90. The van der Waals surface area contributed by atoms with E-state index in [1.807, 2.05) is 44.9 Å². The van der Waals surface area contributed by atoms with Gasteiger partial charge in [0.2, 0.25) is 0 Å². The summed E-state index contributed by atoms with van der Waals surface area (Å²) in [6, 6.07) is 8.20. The van der Waals surface area contributed by atoms with Crippen molar-refractivity contribution in [2.75, 3.05) is 25.5 Å². The number of nitrogens with one attached hydrogen (secondary N) is 1. The Labute approximate surface area is 158 Å². The number of aryl methyl sites for hydroxylation is 2. The van der Waals surface area contributed by atoms with Gasteiger partial charge in [-0.2, -0.15) is 0 Å². The Balaban J connectivity index is 2.15. The lowest BCUT2D eigenvalue weighted by Crippen LogP contribution is -2.16. The molecule has 6 heteroatoms. The van der Waals surface area contributed by atoms with Crippen molar-refractivity contribution in [1.29, 1.82) is 0 Å². The van der Waals surface area contributed by atoms with Crippen LogP contribution in [-0.2, 0) is 0 Å². The quantitative estimate of drug-likeness (QED) is 0.420. The van der Waals surface area contributed by atoms with Gasteiger partial charge >= 0.3 is 0 Å². The number of carbonyl (C=O) groups is 1. The van der Waals surface area contributed by atoms with Crippen molar-refractivity contribution in [1.82, 2.24) is 4.90 Å². The van der Waals surface area contributed by atoms with Crippen LogP contribution >= 0.6 is 11.6 Å². The predicted octanol–water partition coefficient (Wildman–Crippen LogP) is 5.00. The monoisotopic (exact) mass is 375 g/mol. The molecule has 0 spiro atoms. The van der Waals surface area contributed by atoms with Gasteiger partial charge in [0.15, 0.2) is 5.78 Å². The van der Waals surface area contributed by atoms with Gasteiger partial charge in [0.05, 0.1) is 29.3 Å². The lowest BCUT2D eigenvalue weighted by Gasteiger charge is -2.12. The number of Topliss-reactive ketones (excluding diaryl/α,β-unsaturated/α-hetero) is 1. The van der Waals surface area contributed by atoms with Crippen molar-refractivity contribution in [3.8, 4) is 0 Å². The second kappa shape index (κ2) is 8.81. The van der Waals surface area contributed by atoms with Gasteiger partial charge in [0, 0.05) is 19.2 Å². The van der Waals surface area contributed by atoms with E-state index in [1.54, 1.807) is 18.5 Å². The highest BCUT2D eigenvalue weighted by molar-refractivity contribution is 6.33. The van der Waals surface area contributed by atoms with Gasteiger partial charge in [-0.3, -0.25) is 4.79 Å². The molecule has 0 amide bonds. The minimum atomic E-state index is -0.518. The Kier molecular flexibility index (Phi) is 6.75. The van der Waals surface area contributed by atoms with E-state index < -0.39 is 5.82 Å². The first kappa shape index (κ1) is 19.9. The van der Waals surface area contributed by atoms with Crippen LogP contribution in [0.4, 0.5) is 15.8 Å². The number of anilines is 1. The number of aliphatic imine (C=N–C) groups is 1. The van der Waals surface area contributed by atoms with Crippen molar-refractivity contribution >= 4 is 35.1 Å². The smallest absolute Gasteiger partial charge is 0.182 e. The fraction of sp³-hybridized carbons (Fsp3) is 0.300. The van der Waals surface area contributed by atoms with Crippen LogP contribution in [0.5, 0.6) is 0 Å². The summed E-state index contributed by atoms with van der Waals surface area (Å²) in [5, 5.41) is 2.89. The largest absolute Gasteiger partial charge is 0.376 e. The van der Waals surface area contributed by atoms with E-state index in [4.69, 9.17) is 11.6 Å². The Morgan fingerprint density at radius 1 is 1.31 bits per heavy atom. The lowest BCUT2D eigenvalue weighted by molar-refractivity contribution is 0.101. The highest BCUT2D eigenvalue weighted by Crippen LogP contribution is 2.26. The lowest BCUT2D eigenvalue weighted by atomic mass is 10.0. The normalized spacial score (nSPS) is 11.0. The molecule has 0 saturated carbocycles. The Morgan fingerprint density at radius 2 is 2.04 bits per heavy atom. The molecule has 2 rings (SSSR count). The molecule has 26 heavy (non-hydrogen) atoms. The van der Waals surface area contributed by atoms with Gasteiger partial charge in [-0.1, -0.05) is 17.7 Å². The first-order valence-corrected chi connectivity index (χ1v) is 8.78. The minimum Gasteiger partial charge on any atom is -0.376 e. The fourth-order valence-corrected chi connectivity index (χ4v) is 2.59. The molecule has 0 radical (unpaired) electrons. The van der Waals surface area contributed by atoms with Gasteiger partial charge in [-0.15, -0.1) is 0 Å². The number of benzene rings is 2. The van der Waals surface area contributed by atoms with Gasteiger partial charge in [-0.05, 0) is 56.2 Å². The van der Waals surface area contributed by atoms with E-state index in [0.29, 0.717) is 11.3 Å². The molecule has 0 bridgehead atoms. The summed E-state index contributed by atoms with van der Waals surface area (Å²) in [6.45, 7) is 6.75. The van der Waals surface area contributed by atoms with E-state index in [0.717, 1.165) is 23.4 Å². The molecule has 2 aromatic carbocycles. The number of halogens is 2. The zero-order valence-electron chi connectivity index (χ0n) is 15.4. The summed E-state index contributed by atoms with van der Waals surface area (Å²) in [4.78, 5) is 19.0. The van der Waals surface area contributed by atoms with Gasteiger partial charge in [0.1, 0.15) is 5.82 Å². The Hall–Kier alpha value is -2.40. The summed E-state index contributed by atoms with van der Waals surface area (Å²) < 4.78 is 13.5. The number of hydrogen-bond acceptors (Lipinski definition) is 3. The van der Waals surface area contributed by atoms with Crippen molar-refractivity contribution < 1.29 is 9.18 Å². The first-order valence-electron chi connectivity index (χ1n) is 8.40. The van der Waals surface area contributed by atoms with E-state index in [9.17, 15) is 9.18 Å². The molecule has 0 aliphatic carbocycles. The third-order valence-corrected chi connectivity index (χ3v) is 4.51. The fourth-order valence-electron chi connectivity index (χ4n) is 2.39. The highest BCUT2D eigenvalue weighted by atomic mass is 35.5. The van der Waals surface area contributed by atoms with Gasteiger partial charge in [-0.25, -0.2) is 9.38 Å². The second-order valence-corrected chi connectivity index (χ2v) is 6.53. The van der Waals surface area contributed by atoms with Crippen LogP contribution in [0, 0.1) is 19.7 Å². The van der Waals surface area contributed by atoms with Crippen molar-refractivity contribution in [2.45, 2.75) is 20.8 Å². The number of hydrogen-bond donors (Lipinski definition) is 1. The minimum absolute atomic E-state index is 0.0158. The van der Waals surface area contributed by atoms with Crippen LogP contribution in [0.1, 0.15) is 28.4 Å². The average molecular weight is 376 g/mol. The maximum Gasteiger partial charge on any atom is 0.182 e. The number of nitrogens with zero attached hydrogens (tertiary/aromatic N) is 2. The van der Waals surface area contributed by atoms with Crippen LogP contribution in [0.3, 0.4) is 0 Å². The van der Waals surface area contributed by atoms with Crippen molar-refractivity contribution in [2.24, 2.45) is 4.99 Å². The molecule has 0 fully saturated rings. The molecule has 138 valence electrons. The maximum atomic E-state index is 13.5. The standard InChI is InChI=1S/C20H23ClFN3O/c1-5-25(4)12-24-18-10-13(2)15(9-14(18)3)19(26)11-23-17-8-6-7-16(22)20(17)21/h6-10,12,23H,5,11H2,1-4H3/b24-12-. The van der Waals surface area contributed by atoms with Crippen LogP contribution < -0.4 is 5.32 Å². The van der Waals surface area contributed by atoms with Crippen LogP contribution in [-0.4, -0.2) is 37.2 Å². The van der Waals surface area contributed by atoms with E-state index >= 15 is 0 Å². The predicted molar refractivity (Wildman–Crippen MR) is 107 cm³/mol. The Bertz CT molecular complexity index is 836. The summed E-state index contributed by atoms with van der Waals surface area (Å²) in [7, 11) is 1.95. The maximum absolute atomic E-state index is 13.5. The molecule has 0 saturated heterocycles. The average Bonchev–Trinajstić information content (AvgIpc) is 2.62. The first-order chi connectivity index (χ1) is 12.3. The molecule has 0 aliphatic rings. The number of rotatable bonds is 7. The summed E-state index contributed by atoms with van der Waals surface area (Å²) in [6.07, 6.45) is 1.77. The number of carbonyl (C=O) groups excluding carboxylic acids is 1. The highest BCUT2D eigenvalue weighted by Gasteiger charge is 2.13. The van der Waals surface area contributed by atoms with Crippen LogP contribution in [0.2, 0.25) is 5.02 Å². The topological polar surface area (TPSA) is 44.7 Å². The molecular formula is C20H23ClFN3O. The molecule has 0 aliphatic heterocycles. The third kappa shape index (κ3) is 4.82. The molecular weight excluding hydrogens is 353 g/mol. The molecule has 0 aromatic heterocycles. The van der Waals surface area contributed by atoms with Gasteiger partial charge in [0.25, 0.3) is 0 Å². The third-order valence-electron chi connectivity index (χ3n) is 4.13. The number of ketones is 1.